The molecule has 1 aromatic rings. The molecule has 0 saturated carbocycles. The van der Waals surface area contributed by atoms with E-state index >= 15 is 0 Å². The minimum Gasteiger partial charge on any atom is -0.487 e. The molecule has 0 amide bonds. The number of hydrogen-bond donors (Lipinski definition) is 0. The lowest BCUT2D eigenvalue weighted by Gasteiger charge is -2.15. The predicted molar refractivity (Wildman–Crippen MR) is 57.2 cm³/mol. The number of nitrogens with zero attached hydrogens (tertiary/aromatic N) is 1. The summed E-state index contributed by atoms with van der Waals surface area (Å²) in [7, 11) is 0. The van der Waals surface area contributed by atoms with Crippen LogP contribution in [0.15, 0.2) is 22.7 Å². The molecule has 0 N–H and O–H groups in total. The van der Waals surface area contributed by atoms with Gasteiger partial charge in [-0.05, 0) is 6.07 Å². The van der Waals surface area contributed by atoms with Gasteiger partial charge in [0.25, 0.3) is 5.69 Å². The Kier molecular flexibility index (Phi) is 4.49. The fraction of sp³-hybridized carbons (Fsp3) is 0.333. The van der Waals surface area contributed by atoms with E-state index in [-0.39, 0.29) is 10.2 Å². The molecule has 1 rings (SSSR count). The van der Waals surface area contributed by atoms with Crippen LogP contribution in [0.4, 0.5) is 23.2 Å². The third-order valence-electron chi connectivity index (χ3n) is 1.82. The average molecular weight is 332 g/mol. The van der Waals surface area contributed by atoms with E-state index in [9.17, 15) is 27.7 Å². The summed E-state index contributed by atoms with van der Waals surface area (Å²) in [6.07, 6.45) is -3.86. The maximum atomic E-state index is 12.6. The third-order valence-corrected chi connectivity index (χ3v) is 2.28. The van der Waals surface area contributed by atoms with Crippen LogP contribution in [-0.2, 0) is 0 Å². The summed E-state index contributed by atoms with van der Waals surface area (Å²) in [6.45, 7) is -1.56. The molecule has 0 aliphatic heterocycles. The largest absolute Gasteiger partial charge is 0.487 e. The Morgan fingerprint density at radius 2 is 2.00 bits per heavy atom. The zero-order valence-electron chi connectivity index (χ0n) is 8.58. The van der Waals surface area contributed by atoms with Crippen molar-refractivity contribution in [1.29, 1.82) is 0 Å². The van der Waals surface area contributed by atoms with E-state index in [1.54, 1.807) is 0 Å². The molecular formula is C9H6BrF4NO3. The van der Waals surface area contributed by atoms with Gasteiger partial charge in [-0.25, -0.2) is 8.78 Å². The zero-order chi connectivity index (χ0) is 13.9. The van der Waals surface area contributed by atoms with Gasteiger partial charge in [0.2, 0.25) is 0 Å². The van der Waals surface area contributed by atoms with Gasteiger partial charge in [0.15, 0.2) is 6.61 Å². The smallest absolute Gasteiger partial charge is 0.340 e. The Balaban J connectivity index is 2.83. The average Bonchev–Trinajstić information content (AvgIpc) is 2.25. The lowest BCUT2D eigenvalue weighted by molar-refractivity contribution is -0.385. The fourth-order valence-electron chi connectivity index (χ4n) is 0.979. The van der Waals surface area contributed by atoms with E-state index < -0.39 is 29.6 Å². The van der Waals surface area contributed by atoms with Gasteiger partial charge in [0.1, 0.15) is 5.75 Å². The molecule has 0 radical (unpaired) electrons. The molecule has 4 nitrogen and oxygen atoms in total. The molecule has 0 spiro atoms. The van der Waals surface area contributed by atoms with Crippen molar-refractivity contribution in [1.82, 2.24) is 0 Å². The number of hydrogen-bond acceptors (Lipinski definition) is 3. The molecular weight excluding hydrogens is 326 g/mol. The highest BCUT2D eigenvalue weighted by atomic mass is 79.9. The van der Waals surface area contributed by atoms with Crippen LogP contribution in [0.1, 0.15) is 0 Å². The van der Waals surface area contributed by atoms with Crippen LogP contribution in [0.25, 0.3) is 0 Å². The normalized spacial score (nSPS) is 11.7. The van der Waals surface area contributed by atoms with E-state index in [4.69, 9.17) is 0 Å². The highest BCUT2D eigenvalue weighted by Crippen LogP contribution is 2.29. The first-order valence-electron chi connectivity index (χ1n) is 4.46. The molecule has 0 unspecified atom stereocenters. The molecule has 0 aromatic heterocycles. The molecule has 0 aliphatic carbocycles. The van der Waals surface area contributed by atoms with E-state index in [0.29, 0.717) is 0 Å². The van der Waals surface area contributed by atoms with Crippen LogP contribution < -0.4 is 4.74 Å². The second-order valence-electron chi connectivity index (χ2n) is 3.25. The third kappa shape index (κ3) is 3.83. The van der Waals surface area contributed by atoms with Crippen molar-refractivity contribution in [3.63, 3.8) is 0 Å². The van der Waals surface area contributed by atoms with Crippen molar-refractivity contribution < 1.29 is 27.2 Å². The topological polar surface area (TPSA) is 52.4 Å². The lowest BCUT2D eigenvalue weighted by atomic mass is 10.3. The summed E-state index contributed by atoms with van der Waals surface area (Å²) >= 11 is 2.91. The Hall–Kier alpha value is -1.38. The van der Waals surface area contributed by atoms with Crippen molar-refractivity contribution in [2.45, 2.75) is 12.3 Å². The minimum absolute atomic E-state index is 0.215. The van der Waals surface area contributed by atoms with Crippen LogP contribution in [0.2, 0.25) is 0 Å². The van der Waals surface area contributed by atoms with Crippen molar-refractivity contribution in [3.8, 4) is 5.75 Å². The molecule has 100 valence electrons. The Labute approximate surface area is 107 Å². The second kappa shape index (κ2) is 5.51. The number of nitro benzene ring substituents is 1. The Morgan fingerprint density at radius 1 is 1.39 bits per heavy atom. The number of nitro groups is 1. The van der Waals surface area contributed by atoms with Gasteiger partial charge < -0.3 is 4.74 Å². The standard InChI is InChI=1S/C9H6BrF4NO3/c10-5-1-6(15(16)17)3-7(2-5)18-4-9(13,14)8(11)12/h1-3,8H,4H2. The quantitative estimate of drug-likeness (QED) is 0.470. The van der Waals surface area contributed by atoms with E-state index in [2.05, 4.69) is 20.7 Å². The Morgan fingerprint density at radius 3 is 2.50 bits per heavy atom. The summed E-state index contributed by atoms with van der Waals surface area (Å²) in [5, 5.41) is 10.5. The first-order valence-corrected chi connectivity index (χ1v) is 5.25. The van der Waals surface area contributed by atoms with Gasteiger partial charge in [-0.3, -0.25) is 10.1 Å². The molecule has 0 bridgehead atoms. The summed E-state index contributed by atoms with van der Waals surface area (Å²) in [5.41, 5.74) is -0.403. The highest BCUT2D eigenvalue weighted by Gasteiger charge is 2.41. The van der Waals surface area contributed by atoms with Crippen LogP contribution in [0, 0.1) is 10.1 Å². The number of rotatable bonds is 5. The molecule has 0 fully saturated rings. The first-order chi connectivity index (χ1) is 8.22. The zero-order valence-corrected chi connectivity index (χ0v) is 10.2. The first kappa shape index (κ1) is 14.7. The predicted octanol–water partition coefficient (Wildman–Crippen LogP) is 3.64. The van der Waals surface area contributed by atoms with Crippen molar-refractivity contribution in [2.75, 3.05) is 6.61 Å². The molecule has 0 aliphatic rings. The SMILES string of the molecule is O=[N+]([O-])c1cc(Br)cc(OCC(F)(F)C(F)F)c1. The van der Waals surface area contributed by atoms with Crippen LogP contribution in [0.5, 0.6) is 5.75 Å². The molecule has 0 saturated heterocycles. The highest BCUT2D eigenvalue weighted by molar-refractivity contribution is 9.10. The van der Waals surface area contributed by atoms with Gasteiger partial charge in [-0.15, -0.1) is 0 Å². The van der Waals surface area contributed by atoms with E-state index in [0.717, 1.165) is 18.2 Å². The van der Waals surface area contributed by atoms with Crippen LogP contribution in [-0.4, -0.2) is 23.9 Å². The summed E-state index contributed by atoms with van der Waals surface area (Å²) in [4.78, 5) is 9.71. The number of alkyl halides is 4. The molecule has 0 heterocycles. The number of halogens is 5. The van der Waals surface area contributed by atoms with Crippen LogP contribution >= 0.6 is 15.9 Å². The minimum atomic E-state index is -4.31. The molecule has 9 heteroatoms. The monoisotopic (exact) mass is 331 g/mol. The van der Waals surface area contributed by atoms with E-state index in [1.165, 1.54) is 0 Å². The van der Waals surface area contributed by atoms with Gasteiger partial charge in [0, 0.05) is 10.5 Å². The lowest BCUT2D eigenvalue weighted by Crippen LogP contribution is -2.33. The van der Waals surface area contributed by atoms with Crippen molar-refractivity contribution >= 4 is 21.6 Å². The van der Waals surface area contributed by atoms with E-state index in [1.807, 2.05) is 0 Å². The molecule has 0 atom stereocenters. The van der Waals surface area contributed by atoms with Crippen molar-refractivity contribution in [2.24, 2.45) is 0 Å². The Bertz CT molecular complexity index is 455. The maximum Gasteiger partial charge on any atom is 0.340 e. The van der Waals surface area contributed by atoms with Gasteiger partial charge >= 0.3 is 12.3 Å². The summed E-state index contributed by atoms with van der Waals surface area (Å²) < 4.78 is 53.5. The molecule has 1 aromatic carbocycles. The summed E-state index contributed by atoms with van der Waals surface area (Å²) in [6, 6.07) is 3.15. The second-order valence-corrected chi connectivity index (χ2v) is 4.17. The van der Waals surface area contributed by atoms with Crippen LogP contribution in [0.3, 0.4) is 0 Å². The molecule has 18 heavy (non-hydrogen) atoms. The maximum absolute atomic E-state index is 12.6. The number of ether oxygens (including phenoxy) is 1. The summed E-state index contributed by atoms with van der Waals surface area (Å²) in [5.74, 6) is -4.60. The van der Waals surface area contributed by atoms with Gasteiger partial charge in [-0.2, -0.15) is 8.78 Å². The number of benzene rings is 1. The van der Waals surface area contributed by atoms with Crippen molar-refractivity contribution in [3.05, 3.63) is 32.8 Å². The van der Waals surface area contributed by atoms with Gasteiger partial charge in [0.05, 0.1) is 11.0 Å². The fourth-order valence-corrected chi connectivity index (χ4v) is 1.44. The van der Waals surface area contributed by atoms with Gasteiger partial charge in [-0.1, -0.05) is 15.9 Å². The number of non-ortho nitro benzene ring substituents is 1.